The standard InChI is InChI=1S/C28H31F3N2O4/c1-19(34)37-24-8-4-6-21(16-24)26-13-14-33(2)18-27(26,36)12-11-23(17-26)32-25(35)10-9-20-5-3-7-22(15-20)28(29,30)31/h3-10,15-16,23,36H,11-14,17-18H2,1-2H3,(H,32,35)/b10-9+. The van der Waals surface area contributed by atoms with Gasteiger partial charge >= 0.3 is 12.1 Å². The van der Waals surface area contributed by atoms with Crippen molar-refractivity contribution in [2.24, 2.45) is 0 Å². The molecular weight excluding hydrogens is 485 g/mol. The van der Waals surface area contributed by atoms with Crippen LogP contribution in [0, 0.1) is 0 Å². The maximum absolute atomic E-state index is 13.0. The summed E-state index contributed by atoms with van der Waals surface area (Å²) in [6.07, 6.45) is 0.271. The van der Waals surface area contributed by atoms with Gasteiger partial charge in [0.15, 0.2) is 0 Å². The van der Waals surface area contributed by atoms with Crippen molar-refractivity contribution in [1.29, 1.82) is 0 Å². The normalized spacial score (nSPS) is 26.5. The van der Waals surface area contributed by atoms with Gasteiger partial charge in [0.05, 0.1) is 11.2 Å². The third kappa shape index (κ3) is 5.88. The van der Waals surface area contributed by atoms with E-state index in [-0.39, 0.29) is 11.6 Å². The fourth-order valence-corrected chi connectivity index (χ4v) is 5.75. The highest BCUT2D eigenvalue weighted by Gasteiger charge is 2.57. The monoisotopic (exact) mass is 516 g/mol. The van der Waals surface area contributed by atoms with Gasteiger partial charge in [-0.2, -0.15) is 13.2 Å². The second-order valence-corrected chi connectivity index (χ2v) is 10.1. The van der Waals surface area contributed by atoms with Crippen LogP contribution in [0.4, 0.5) is 13.2 Å². The molecule has 3 unspecified atom stereocenters. The molecule has 1 amide bonds. The minimum atomic E-state index is -4.46. The zero-order chi connectivity index (χ0) is 26.8. The summed E-state index contributed by atoms with van der Waals surface area (Å²) in [5.74, 6) is -0.449. The van der Waals surface area contributed by atoms with Crippen LogP contribution in [-0.4, -0.2) is 53.7 Å². The van der Waals surface area contributed by atoms with Crippen LogP contribution in [0.5, 0.6) is 5.75 Å². The molecule has 2 aromatic rings. The quantitative estimate of drug-likeness (QED) is 0.352. The minimum Gasteiger partial charge on any atom is -0.427 e. The van der Waals surface area contributed by atoms with Crippen molar-refractivity contribution in [3.8, 4) is 5.75 Å². The molecule has 1 aliphatic heterocycles. The Morgan fingerprint density at radius 1 is 1.16 bits per heavy atom. The summed E-state index contributed by atoms with van der Waals surface area (Å²) < 4.78 is 44.2. The summed E-state index contributed by atoms with van der Waals surface area (Å²) in [5.41, 5.74) is -1.36. The Balaban J connectivity index is 1.54. The van der Waals surface area contributed by atoms with E-state index in [0.29, 0.717) is 38.0 Å². The number of hydrogen-bond donors (Lipinski definition) is 2. The number of likely N-dealkylation sites (tertiary alicyclic amines) is 1. The molecule has 0 spiro atoms. The van der Waals surface area contributed by atoms with Crippen molar-refractivity contribution in [3.63, 3.8) is 0 Å². The minimum absolute atomic E-state index is 0.250. The Kier molecular flexibility index (Phi) is 7.48. The second-order valence-electron chi connectivity index (χ2n) is 10.1. The van der Waals surface area contributed by atoms with E-state index in [1.165, 1.54) is 31.2 Å². The molecule has 2 aromatic carbocycles. The Hall–Kier alpha value is -3.17. The van der Waals surface area contributed by atoms with Crippen molar-refractivity contribution in [2.45, 2.75) is 55.8 Å². The summed E-state index contributed by atoms with van der Waals surface area (Å²) in [6.45, 7) is 2.55. The largest absolute Gasteiger partial charge is 0.427 e. The van der Waals surface area contributed by atoms with E-state index in [1.807, 2.05) is 13.1 Å². The number of esters is 1. The zero-order valence-corrected chi connectivity index (χ0v) is 20.8. The van der Waals surface area contributed by atoms with Crippen molar-refractivity contribution in [2.75, 3.05) is 20.1 Å². The number of carbonyl (C=O) groups is 2. The van der Waals surface area contributed by atoms with Crippen LogP contribution < -0.4 is 10.1 Å². The number of halogens is 3. The van der Waals surface area contributed by atoms with Crippen LogP contribution in [0.3, 0.4) is 0 Å². The van der Waals surface area contributed by atoms with Gasteiger partial charge in [-0.3, -0.25) is 9.59 Å². The van der Waals surface area contributed by atoms with Crippen LogP contribution in [0.1, 0.15) is 49.3 Å². The lowest BCUT2D eigenvalue weighted by atomic mass is 9.55. The molecule has 1 saturated heterocycles. The van der Waals surface area contributed by atoms with Gasteiger partial charge in [-0.1, -0.05) is 24.3 Å². The highest BCUT2D eigenvalue weighted by molar-refractivity contribution is 5.92. The van der Waals surface area contributed by atoms with E-state index in [0.717, 1.165) is 24.2 Å². The first-order chi connectivity index (χ1) is 17.4. The number of ether oxygens (including phenoxy) is 1. The van der Waals surface area contributed by atoms with Crippen LogP contribution in [0.2, 0.25) is 0 Å². The molecule has 3 atom stereocenters. The van der Waals surface area contributed by atoms with Gasteiger partial charge in [-0.25, -0.2) is 0 Å². The van der Waals surface area contributed by atoms with Crippen molar-refractivity contribution in [3.05, 3.63) is 71.3 Å². The third-order valence-electron chi connectivity index (χ3n) is 7.48. The van der Waals surface area contributed by atoms with Crippen molar-refractivity contribution < 1.29 is 32.6 Å². The molecule has 1 heterocycles. The molecule has 2 N–H and O–H groups in total. The van der Waals surface area contributed by atoms with Gasteiger partial charge < -0.3 is 20.1 Å². The number of benzene rings is 2. The topological polar surface area (TPSA) is 78.9 Å². The van der Waals surface area contributed by atoms with E-state index in [4.69, 9.17) is 4.74 Å². The molecule has 4 rings (SSSR count). The number of fused-ring (bicyclic) bond motifs is 1. The summed E-state index contributed by atoms with van der Waals surface area (Å²) in [6, 6.07) is 11.7. The zero-order valence-electron chi connectivity index (χ0n) is 20.8. The number of aliphatic hydroxyl groups is 1. The lowest BCUT2D eigenvalue weighted by molar-refractivity contribution is -0.137. The molecule has 2 fully saturated rings. The second kappa shape index (κ2) is 10.3. The maximum atomic E-state index is 13.0. The Labute approximate surface area is 214 Å². The number of alkyl halides is 3. The molecule has 6 nitrogen and oxygen atoms in total. The van der Waals surface area contributed by atoms with E-state index in [2.05, 4.69) is 10.2 Å². The predicted molar refractivity (Wildman–Crippen MR) is 133 cm³/mol. The van der Waals surface area contributed by atoms with Crippen molar-refractivity contribution >= 4 is 18.0 Å². The number of carbonyl (C=O) groups excluding carboxylic acids is 2. The first-order valence-electron chi connectivity index (χ1n) is 12.3. The first kappa shape index (κ1) is 26.9. The number of β-amino-alcohol motifs (C(OH)–C–C–N with tert-alkyl or cyclic N) is 1. The summed E-state index contributed by atoms with van der Waals surface area (Å²) in [4.78, 5) is 26.3. The number of nitrogens with zero attached hydrogens (tertiary/aromatic N) is 1. The average Bonchev–Trinajstić information content (AvgIpc) is 2.82. The molecule has 9 heteroatoms. The number of nitrogens with one attached hydrogen (secondary N) is 1. The highest BCUT2D eigenvalue weighted by Crippen LogP contribution is 2.52. The molecular formula is C28H31F3N2O4. The lowest BCUT2D eigenvalue weighted by Gasteiger charge is -2.57. The highest BCUT2D eigenvalue weighted by atomic mass is 19.4. The molecule has 2 aliphatic rings. The van der Waals surface area contributed by atoms with Gasteiger partial charge in [-0.15, -0.1) is 0 Å². The lowest BCUT2D eigenvalue weighted by Crippen LogP contribution is -2.66. The number of piperidine rings is 1. The molecule has 0 aromatic heterocycles. The number of rotatable bonds is 5. The van der Waals surface area contributed by atoms with Gasteiger partial charge in [0.1, 0.15) is 5.75 Å². The van der Waals surface area contributed by atoms with Crippen LogP contribution in [-0.2, 0) is 21.2 Å². The summed E-state index contributed by atoms with van der Waals surface area (Å²) >= 11 is 0. The van der Waals surface area contributed by atoms with Crippen LogP contribution in [0.25, 0.3) is 6.08 Å². The number of amides is 1. The average molecular weight is 517 g/mol. The van der Waals surface area contributed by atoms with Gasteiger partial charge in [0.2, 0.25) is 5.91 Å². The molecule has 198 valence electrons. The molecule has 0 bridgehead atoms. The first-order valence-corrected chi connectivity index (χ1v) is 12.3. The Morgan fingerprint density at radius 2 is 1.92 bits per heavy atom. The smallest absolute Gasteiger partial charge is 0.416 e. The van der Waals surface area contributed by atoms with Gasteiger partial charge in [0.25, 0.3) is 0 Å². The number of hydrogen-bond acceptors (Lipinski definition) is 5. The van der Waals surface area contributed by atoms with Crippen molar-refractivity contribution in [1.82, 2.24) is 10.2 Å². The Bertz CT molecular complexity index is 1200. The van der Waals surface area contributed by atoms with E-state index < -0.39 is 34.6 Å². The van der Waals surface area contributed by atoms with E-state index in [9.17, 15) is 27.9 Å². The summed E-state index contributed by atoms with van der Waals surface area (Å²) in [5, 5.41) is 14.8. The number of likely N-dealkylation sites (N-methyl/N-ethyl adjacent to an activating group) is 1. The SMILES string of the molecule is CC(=O)Oc1cccc(C23CCN(C)CC2(O)CCC(NC(=O)/C=C/c2cccc(C(F)(F)F)c2)C3)c1. The van der Waals surface area contributed by atoms with E-state index in [1.54, 1.807) is 18.2 Å². The maximum Gasteiger partial charge on any atom is 0.416 e. The Morgan fingerprint density at radius 3 is 2.65 bits per heavy atom. The van der Waals surface area contributed by atoms with Crippen LogP contribution in [0.15, 0.2) is 54.6 Å². The van der Waals surface area contributed by atoms with Gasteiger partial charge in [-0.05, 0) is 80.7 Å². The van der Waals surface area contributed by atoms with Gasteiger partial charge in [0, 0.05) is 31.0 Å². The fourth-order valence-electron chi connectivity index (χ4n) is 5.75. The van der Waals surface area contributed by atoms with E-state index >= 15 is 0 Å². The molecule has 0 radical (unpaired) electrons. The molecule has 1 saturated carbocycles. The predicted octanol–water partition coefficient (Wildman–Crippen LogP) is 4.32. The summed E-state index contributed by atoms with van der Waals surface area (Å²) in [7, 11) is 1.96. The third-order valence-corrected chi connectivity index (χ3v) is 7.48. The fraction of sp³-hybridized carbons (Fsp3) is 0.429. The molecule has 1 aliphatic carbocycles. The van der Waals surface area contributed by atoms with Crippen LogP contribution >= 0.6 is 0 Å². The molecule has 37 heavy (non-hydrogen) atoms.